The molecule has 0 unspecified atom stereocenters. The number of nitrogens with two attached hydrogens (primary N) is 1. The zero-order chi connectivity index (χ0) is 19.3. The first-order chi connectivity index (χ1) is 12.4. The maximum absolute atomic E-state index is 12.1. The Balaban J connectivity index is 2.02. The van der Waals surface area contributed by atoms with E-state index in [1.54, 1.807) is 13.0 Å². The molecule has 0 spiro atoms. The summed E-state index contributed by atoms with van der Waals surface area (Å²) in [6, 6.07) is 1.67. The van der Waals surface area contributed by atoms with E-state index < -0.39 is 24.5 Å². The van der Waals surface area contributed by atoms with Gasteiger partial charge in [-0.15, -0.1) is 11.3 Å². The van der Waals surface area contributed by atoms with Crippen molar-refractivity contribution in [3.8, 4) is 0 Å². The number of anilines is 2. The second kappa shape index (κ2) is 8.48. The third-order valence-corrected chi connectivity index (χ3v) is 4.50. The van der Waals surface area contributed by atoms with E-state index in [4.69, 9.17) is 15.2 Å². The summed E-state index contributed by atoms with van der Waals surface area (Å²) in [5, 5.41) is 6.46. The number of nitrogen functional groups attached to an aromatic ring is 1. The lowest BCUT2D eigenvalue weighted by Gasteiger charge is -2.07. The van der Waals surface area contributed by atoms with Gasteiger partial charge in [-0.05, 0) is 26.3 Å². The van der Waals surface area contributed by atoms with Gasteiger partial charge in [0.2, 0.25) is 5.88 Å². The first-order valence-electron chi connectivity index (χ1n) is 7.85. The molecule has 0 bridgehead atoms. The first kappa shape index (κ1) is 19.4. The molecular weight excluding hydrogens is 362 g/mol. The van der Waals surface area contributed by atoms with Gasteiger partial charge in [0.25, 0.3) is 5.91 Å². The predicted octanol–water partition coefficient (Wildman–Crippen LogP) is 2.16. The Morgan fingerprint density at radius 2 is 2.00 bits per heavy atom. The highest BCUT2D eigenvalue weighted by Crippen LogP contribution is 2.29. The van der Waals surface area contributed by atoms with Gasteiger partial charge in [-0.3, -0.25) is 4.79 Å². The molecule has 0 aliphatic carbocycles. The molecule has 0 atom stereocenters. The van der Waals surface area contributed by atoms with Gasteiger partial charge in [0.1, 0.15) is 10.6 Å². The van der Waals surface area contributed by atoms with Gasteiger partial charge in [0.15, 0.2) is 6.61 Å². The molecule has 1 amide bonds. The number of rotatable bonds is 7. The first-order valence-corrected chi connectivity index (χ1v) is 8.67. The third-order valence-electron chi connectivity index (χ3n) is 3.31. The number of esters is 2. The van der Waals surface area contributed by atoms with Crippen LogP contribution >= 0.6 is 11.3 Å². The lowest BCUT2D eigenvalue weighted by Crippen LogP contribution is -2.22. The number of nitrogens with one attached hydrogen (secondary N) is 1. The molecule has 10 heteroatoms. The van der Waals surface area contributed by atoms with E-state index in [-0.39, 0.29) is 29.3 Å². The van der Waals surface area contributed by atoms with Crippen LogP contribution in [0.25, 0.3) is 0 Å². The number of nitrogens with zero attached hydrogens (tertiary/aromatic N) is 1. The Morgan fingerprint density at radius 1 is 1.27 bits per heavy atom. The molecule has 0 fully saturated rings. The highest BCUT2D eigenvalue weighted by molar-refractivity contribution is 7.16. The van der Waals surface area contributed by atoms with Crippen molar-refractivity contribution in [2.24, 2.45) is 0 Å². The average molecular weight is 381 g/mol. The number of thiophene rings is 1. The molecule has 140 valence electrons. The number of hydrogen-bond donors (Lipinski definition) is 2. The predicted molar refractivity (Wildman–Crippen MR) is 94.2 cm³/mol. The summed E-state index contributed by atoms with van der Waals surface area (Å²) in [5.74, 6) is -2.12. The van der Waals surface area contributed by atoms with Crippen LogP contribution in [-0.4, -0.2) is 36.2 Å². The maximum Gasteiger partial charge on any atom is 0.346 e. The molecule has 9 nitrogen and oxygen atoms in total. The quantitative estimate of drug-likeness (QED) is 0.697. The Labute approximate surface area is 153 Å². The van der Waals surface area contributed by atoms with E-state index >= 15 is 0 Å². The van der Waals surface area contributed by atoms with Crippen molar-refractivity contribution in [1.29, 1.82) is 0 Å². The van der Waals surface area contributed by atoms with Crippen molar-refractivity contribution >= 4 is 40.1 Å². The summed E-state index contributed by atoms with van der Waals surface area (Å²) >= 11 is 1.26. The van der Waals surface area contributed by atoms with Crippen LogP contribution in [0.1, 0.15) is 45.1 Å². The van der Waals surface area contributed by atoms with Gasteiger partial charge in [0.05, 0.1) is 17.9 Å². The number of aryl methyl sites for hydroxylation is 2. The number of ether oxygens (including phenoxy) is 2. The van der Waals surface area contributed by atoms with Gasteiger partial charge >= 0.3 is 11.9 Å². The van der Waals surface area contributed by atoms with E-state index in [9.17, 15) is 14.4 Å². The zero-order valence-electron chi connectivity index (χ0n) is 14.6. The molecule has 0 saturated carbocycles. The monoisotopic (exact) mass is 381 g/mol. The van der Waals surface area contributed by atoms with Gasteiger partial charge in [0, 0.05) is 4.88 Å². The van der Waals surface area contributed by atoms with Crippen LogP contribution in [0, 0.1) is 6.92 Å². The minimum atomic E-state index is -0.817. The zero-order valence-corrected chi connectivity index (χ0v) is 15.4. The fourth-order valence-electron chi connectivity index (χ4n) is 2.07. The summed E-state index contributed by atoms with van der Waals surface area (Å²) in [7, 11) is 0. The summed E-state index contributed by atoms with van der Waals surface area (Å²) < 4.78 is 14.6. The van der Waals surface area contributed by atoms with Gasteiger partial charge < -0.3 is 25.0 Å². The second-order valence-corrected chi connectivity index (χ2v) is 6.30. The molecule has 0 saturated heterocycles. The molecule has 0 aliphatic heterocycles. The normalized spacial score (nSPS) is 10.4. The Kier molecular flexibility index (Phi) is 6.34. The molecule has 2 aromatic heterocycles. The summed E-state index contributed by atoms with van der Waals surface area (Å²) in [6.45, 7) is 4.83. The number of carbonyl (C=O) groups is 3. The van der Waals surface area contributed by atoms with Crippen molar-refractivity contribution in [2.45, 2.75) is 27.2 Å². The fourth-order valence-corrected chi connectivity index (χ4v) is 3.07. The lowest BCUT2D eigenvalue weighted by atomic mass is 10.2. The second-order valence-electron chi connectivity index (χ2n) is 5.16. The highest BCUT2D eigenvalue weighted by Gasteiger charge is 2.22. The largest absolute Gasteiger partial charge is 0.462 e. The molecule has 26 heavy (non-hydrogen) atoms. The molecule has 2 aromatic rings. The molecule has 3 N–H and O–H groups in total. The summed E-state index contributed by atoms with van der Waals surface area (Å²) in [6.07, 6.45) is 0.702. The fraction of sp³-hybridized carbons (Fsp3) is 0.375. The van der Waals surface area contributed by atoms with Gasteiger partial charge in [-0.2, -0.15) is 0 Å². The number of carbonyl (C=O) groups excluding carboxylic acids is 3. The molecule has 0 aliphatic rings. The molecule has 0 aromatic carbocycles. The molecule has 2 heterocycles. The number of hydrogen-bond acceptors (Lipinski definition) is 9. The summed E-state index contributed by atoms with van der Waals surface area (Å²) in [5.41, 5.74) is 6.01. The van der Waals surface area contributed by atoms with Crippen LogP contribution < -0.4 is 11.1 Å². The van der Waals surface area contributed by atoms with E-state index in [1.165, 1.54) is 18.3 Å². The van der Waals surface area contributed by atoms with Crippen molar-refractivity contribution in [1.82, 2.24) is 5.16 Å². The van der Waals surface area contributed by atoms with E-state index in [1.807, 2.05) is 6.92 Å². The van der Waals surface area contributed by atoms with Gasteiger partial charge in [-0.25, -0.2) is 9.59 Å². The minimum absolute atomic E-state index is 0.0191. The van der Waals surface area contributed by atoms with Crippen molar-refractivity contribution in [3.05, 3.63) is 27.8 Å². The minimum Gasteiger partial charge on any atom is -0.462 e. The van der Waals surface area contributed by atoms with Crippen LogP contribution in [-0.2, 0) is 20.7 Å². The number of amides is 1. The third kappa shape index (κ3) is 4.39. The standard InChI is InChI=1S/C16H19N3O6S/c1-4-9-6-10(15(21)23-5-2)14(26-9)18-11(20)7-24-16(22)12-8(3)19-25-13(12)17/h6H,4-5,7,17H2,1-3H3,(H,18,20). The van der Waals surface area contributed by atoms with E-state index in [2.05, 4.69) is 15.0 Å². The van der Waals surface area contributed by atoms with Crippen molar-refractivity contribution < 1.29 is 28.4 Å². The molecule has 0 radical (unpaired) electrons. The molecule has 2 rings (SSSR count). The van der Waals surface area contributed by atoms with Crippen molar-refractivity contribution in [2.75, 3.05) is 24.3 Å². The maximum atomic E-state index is 12.1. The van der Waals surface area contributed by atoms with Crippen LogP contribution in [0.5, 0.6) is 0 Å². The summed E-state index contributed by atoms with van der Waals surface area (Å²) in [4.78, 5) is 36.9. The van der Waals surface area contributed by atoms with Gasteiger partial charge in [-0.1, -0.05) is 12.1 Å². The smallest absolute Gasteiger partial charge is 0.346 e. The van der Waals surface area contributed by atoms with E-state index in [0.29, 0.717) is 11.4 Å². The van der Waals surface area contributed by atoms with Crippen molar-refractivity contribution in [3.63, 3.8) is 0 Å². The highest BCUT2D eigenvalue weighted by atomic mass is 32.1. The van der Waals surface area contributed by atoms with Crippen LogP contribution in [0.15, 0.2) is 10.6 Å². The SMILES string of the molecule is CCOC(=O)c1cc(CC)sc1NC(=O)COC(=O)c1c(C)noc1N. The Hall–Kier alpha value is -2.88. The lowest BCUT2D eigenvalue weighted by molar-refractivity contribution is -0.119. The van der Waals surface area contributed by atoms with Crippen LogP contribution in [0.3, 0.4) is 0 Å². The van der Waals surface area contributed by atoms with E-state index in [0.717, 1.165) is 4.88 Å². The van der Waals surface area contributed by atoms with Crippen LogP contribution in [0.4, 0.5) is 10.9 Å². The Bertz CT molecular complexity index is 807. The number of aromatic nitrogens is 1. The topological polar surface area (TPSA) is 134 Å². The van der Waals surface area contributed by atoms with Crippen LogP contribution in [0.2, 0.25) is 0 Å². The Morgan fingerprint density at radius 3 is 2.58 bits per heavy atom. The average Bonchev–Trinajstić information content (AvgIpc) is 3.16. The molecular formula is C16H19N3O6S.